The zero-order chi connectivity index (χ0) is 11.5. The summed E-state index contributed by atoms with van der Waals surface area (Å²) in [4.78, 5) is 27.8. The summed E-state index contributed by atoms with van der Waals surface area (Å²) < 4.78 is 0. The molecule has 1 aromatic carbocycles. The van der Waals surface area contributed by atoms with Crippen LogP contribution >= 0.6 is 0 Å². The van der Waals surface area contributed by atoms with Crippen molar-refractivity contribution in [2.45, 2.75) is 13.3 Å². The fourth-order valence-electron chi connectivity index (χ4n) is 1.25. The van der Waals surface area contributed by atoms with E-state index in [0.717, 1.165) is 4.85 Å². The molecule has 1 heterocycles. The maximum absolute atomic E-state index is 11.2. The smallest absolute Gasteiger partial charge is 0.317 e. The highest BCUT2D eigenvalue weighted by Crippen LogP contribution is 2.08. The molecule has 2 aromatic rings. The number of ketones is 1. The minimum Gasteiger partial charge on any atom is -0.317 e. The molecule has 6 heteroatoms. The van der Waals surface area contributed by atoms with Gasteiger partial charge in [0.05, 0.1) is 0 Å². The normalized spacial score (nSPS) is 10.3. The third kappa shape index (κ3) is 2.05. The number of para-hydroxylation sites is 1. The standard InChI is InChI=1S/C10H9N3O3/c1-7(14)6-10(15)16-13-9-5-3-2-4-8(9)11-12-13/h2-5H,6H2,1H3. The quantitative estimate of drug-likeness (QED) is 0.550. The lowest BCUT2D eigenvalue weighted by molar-refractivity contribution is -0.147. The molecular formula is C10H9N3O3. The van der Waals surface area contributed by atoms with Gasteiger partial charge in [-0.25, -0.2) is 4.79 Å². The van der Waals surface area contributed by atoms with Crippen LogP contribution in [0.4, 0.5) is 0 Å². The van der Waals surface area contributed by atoms with Crippen LogP contribution in [0.25, 0.3) is 11.0 Å². The lowest BCUT2D eigenvalue weighted by atomic mass is 10.3. The van der Waals surface area contributed by atoms with Crippen LogP contribution in [0.3, 0.4) is 0 Å². The van der Waals surface area contributed by atoms with Crippen LogP contribution in [0.15, 0.2) is 24.3 Å². The van der Waals surface area contributed by atoms with Gasteiger partial charge in [0.2, 0.25) is 0 Å². The Bertz CT molecular complexity index is 547. The summed E-state index contributed by atoms with van der Waals surface area (Å²) in [5.41, 5.74) is 1.21. The highest BCUT2D eigenvalue weighted by Gasteiger charge is 2.11. The van der Waals surface area contributed by atoms with Crippen molar-refractivity contribution in [3.63, 3.8) is 0 Å². The molecule has 0 fully saturated rings. The maximum Gasteiger partial charge on any atom is 0.342 e. The first kappa shape index (κ1) is 10.3. The van der Waals surface area contributed by atoms with Gasteiger partial charge in [-0.05, 0) is 24.3 Å². The maximum atomic E-state index is 11.2. The van der Waals surface area contributed by atoms with Crippen molar-refractivity contribution >= 4 is 22.8 Å². The molecule has 82 valence electrons. The van der Waals surface area contributed by atoms with Crippen LogP contribution < -0.4 is 4.84 Å². The van der Waals surface area contributed by atoms with Crippen LogP contribution in [0, 0.1) is 0 Å². The van der Waals surface area contributed by atoms with Gasteiger partial charge < -0.3 is 4.84 Å². The Morgan fingerprint density at radius 1 is 1.38 bits per heavy atom. The van der Waals surface area contributed by atoms with Crippen LogP contribution in [0.1, 0.15) is 13.3 Å². The van der Waals surface area contributed by atoms with Crippen molar-refractivity contribution in [2.75, 3.05) is 0 Å². The van der Waals surface area contributed by atoms with Gasteiger partial charge in [0.15, 0.2) is 0 Å². The molecule has 0 amide bonds. The molecule has 6 nitrogen and oxygen atoms in total. The predicted octanol–water partition coefficient (Wildman–Crippen LogP) is 0.366. The van der Waals surface area contributed by atoms with Gasteiger partial charge in [0.25, 0.3) is 0 Å². The fourth-order valence-corrected chi connectivity index (χ4v) is 1.25. The SMILES string of the molecule is CC(=O)CC(=O)On1nnc2ccccc21. The number of carbonyl (C=O) groups is 2. The van der Waals surface area contributed by atoms with E-state index in [9.17, 15) is 9.59 Å². The number of hydrogen-bond acceptors (Lipinski definition) is 5. The van der Waals surface area contributed by atoms with Crippen molar-refractivity contribution in [2.24, 2.45) is 0 Å². The molecule has 1 aromatic heterocycles. The summed E-state index contributed by atoms with van der Waals surface area (Å²) >= 11 is 0. The van der Waals surface area contributed by atoms with E-state index in [1.54, 1.807) is 24.3 Å². The first-order valence-corrected chi connectivity index (χ1v) is 4.68. The zero-order valence-corrected chi connectivity index (χ0v) is 8.58. The van der Waals surface area contributed by atoms with Crippen LogP contribution in [0.2, 0.25) is 0 Å². The van der Waals surface area contributed by atoms with Gasteiger partial charge >= 0.3 is 5.97 Å². The van der Waals surface area contributed by atoms with E-state index >= 15 is 0 Å². The Hall–Kier alpha value is -2.24. The van der Waals surface area contributed by atoms with Crippen molar-refractivity contribution in [3.8, 4) is 0 Å². The van der Waals surface area contributed by atoms with Crippen LogP contribution in [-0.2, 0) is 9.59 Å². The third-order valence-corrected chi connectivity index (χ3v) is 1.90. The second-order valence-electron chi connectivity index (χ2n) is 3.29. The molecule has 0 unspecified atom stereocenters. The number of aromatic nitrogens is 3. The van der Waals surface area contributed by atoms with Gasteiger partial charge in [-0.3, -0.25) is 4.79 Å². The average molecular weight is 219 g/mol. The Morgan fingerprint density at radius 3 is 2.88 bits per heavy atom. The molecule has 16 heavy (non-hydrogen) atoms. The second kappa shape index (κ2) is 4.09. The van der Waals surface area contributed by atoms with E-state index < -0.39 is 5.97 Å². The molecule has 0 saturated heterocycles. The van der Waals surface area contributed by atoms with Crippen LogP contribution in [0.5, 0.6) is 0 Å². The fraction of sp³-hybridized carbons (Fsp3) is 0.200. The van der Waals surface area contributed by atoms with Crippen molar-refractivity contribution in [1.29, 1.82) is 0 Å². The molecule has 0 aliphatic rings. The Balaban J connectivity index is 2.21. The number of carbonyl (C=O) groups excluding carboxylic acids is 2. The molecule has 0 spiro atoms. The van der Waals surface area contributed by atoms with Gasteiger partial charge in [0, 0.05) is 0 Å². The van der Waals surface area contributed by atoms with Gasteiger partial charge in [-0.15, -0.1) is 5.10 Å². The molecule has 0 radical (unpaired) electrons. The molecule has 0 aliphatic carbocycles. The van der Waals surface area contributed by atoms with E-state index in [0.29, 0.717) is 11.0 Å². The van der Waals surface area contributed by atoms with Crippen molar-refractivity contribution in [3.05, 3.63) is 24.3 Å². The summed E-state index contributed by atoms with van der Waals surface area (Å²) in [6.45, 7) is 1.32. The molecule has 2 rings (SSSR count). The zero-order valence-electron chi connectivity index (χ0n) is 8.58. The summed E-state index contributed by atoms with van der Waals surface area (Å²) in [7, 11) is 0. The van der Waals surface area contributed by atoms with Gasteiger partial charge in [-0.1, -0.05) is 17.0 Å². The number of nitrogens with zero attached hydrogens (tertiary/aromatic N) is 3. The summed E-state index contributed by atoms with van der Waals surface area (Å²) in [6, 6.07) is 7.05. The lowest BCUT2D eigenvalue weighted by Crippen LogP contribution is -2.22. The lowest BCUT2D eigenvalue weighted by Gasteiger charge is -2.00. The Morgan fingerprint density at radius 2 is 2.12 bits per heavy atom. The summed E-state index contributed by atoms with van der Waals surface area (Å²) in [5, 5.41) is 7.46. The highest BCUT2D eigenvalue weighted by atomic mass is 16.7. The first-order chi connectivity index (χ1) is 7.66. The molecule has 0 aliphatic heterocycles. The van der Waals surface area contributed by atoms with Crippen LogP contribution in [-0.4, -0.2) is 26.9 Å². The largest absolute Gasteiger partial charge is 0.342 e. The monoisotopic (exact) mass is 219 g/mol. The first-order valence-electron chi connectivity index (χ1n) is 4.68. The average Bonchev–Trinajstić information content (AvgIpc) is 2.61. The number of benzene rings is 1. The third-order valence-electron chi connectivity index (χ3n) is 1.90. The predicted molar refractivity (Wildman–Crippen MR) is 54.4 cm³/mol. The molecule has 0 N–H and O–H groups in total. The Kier molecular flexibility index (Phi) is 2.63. The van der Waals surface area contributed by atoms with E-state index in [2.05, 4.69) is 10.3 Å². The Labute approximate surface area is 90.8 Å². The number of Topliss-reactive ketones (excluding diaryl/α,β-unsaturated/α-hetero) is 1. The summed E-state index contributed by atoms with van der Waals surface area (Å²) in [5.74, 6) is -0.905. The van der Waals surface area contributed by atoms with E-state index in [1.807, 2.05) is 0 Å². The van der Waals surface area contributed by atoms with Crippen molar-refractivity contribution < 1.29 is 14.4 Å². The molecule has 0 bridgehead atoms. The van der Waals surface area contributed by atoms with Gasteiger partial charge in [-0.2, -0.15) is 0 Å². The number of rotatable bonds is 3. The van der Waals surface area contributed by atoms with Crippen molar-refractivity contribution in [1.82, 2.24) is 15.2 Å². The summed E-state index contributed by atoms with van der Waals surface area (Å²) in [6.07, 6.45) is -0.270. The second-order valence-corrected chi connectivity index (χ2v) is 3.29. The minimum absolute atomic E-state index is 0.255. The highest BCUT2D eigenvalue weighted by molar-refractivity contribution is 5.94. The van der Waals surface area contributed by atoms with E-state index in [-0.39, 0.29) is 12.2 Å². The van der Waals surface area contributed by atoms with E-state index in [4.69, 9.17) is 4.84 Å². The molecule has 0 atom stereocenters. The number of fused-ring (bicyclic) bond motifs is 1. The molecule has 0 saturated carbocycles. The molecular weight excluding hydrogens is 210 g/mol. The van der Waals surface area contributed by atoms with Gasteiger partial charge in [0.1, 0.15) is 23.2 Å². The minimum atomic E-state index is -0.650. The topological polar surface area (TPSA) is 74.1 Å². The number of hydrogen-bond donors (Lipinski definition) is 0. The van der Waals surface area contributed by atoms with E-state index in [1.165, 1.54) is 6.92 Å².